The molecule has 2 rings (SSSR count). The van der Waals surface area contributed by atoms with Gasteiger partial charge < -0.3 is 5.32 Å². The lowest BCUT2D eigenvalue weighted by Crippen LogP contribution is -2.47. The van der Waals surface area contributed by atoms with Crippen molar-refractivity contribution in [3.05, 3.63) is 38.9 Å². The van der Waals surface area contributed by atoms with Gasteiger partial charge in [-0.15, -0.1) is 0 Å². The largest absolute Gasteiger partial charge is 0.314 e. The van der Waals surface area contributed by atoms with Crippen molar-refractivity contribution < 1.29 is 13.7 Å². The molecule has 1 aliphatic heterocycles. The maximum absolute atomic E-state index is 13.4. The summed E-state index contributed by atoms with van der Waals surface area (Å²) in [4.78, 5) is 11.9. The molecule has 0 unspecified atom stereocenters. The van der Waals surface area contributed by atoms with Gasteiger partial charge in [0.2, 0.25) is 0 Å². The van der Waals surface area contributed by atoms with E-state index in [-0.39, 0.29) is 16.3 Å². The minimum absolute atomic E-state index is 0.0283. The third-order valence-corrected chi connectivity index (χ3v) is 3.52. The normalized spacial score (nSPS) is 18.2. The summed E-state index contributed by atoms with van der Waals surface area (Å²) in [5.74, 6) is 0. The molecule has 20 heavy (non-hydrogen) atoms. The monoisotopic (exact) mass is 305 g/mol. The number of nitrogens with one attached hydrogen (secondary N) is 1. The summed E-state index contributed by atoms with van der Waals surface area (Å²) in [6, 6.07) is 2.47. The number of nitrogens with zero attached hydrogens (tertiary/aromatic N) is 2. The van der Waals surface area contributed by atoms with Crippen molar-refractivity contribution in [2.75, 3.05) is 26.2 Å². The molecule has 0 bridgehead atoms. The Labute approximate surface area is 119 Å². The minimum Gasteiger partial charge on any atom is -0.314 e. The molecule has 0 saturated carbocycles. The quantitative estimate of drug-likeness (QED) is 0.686. The molecule has 0 aromatic heterocycles. The summed E-state index contributed by atoms with van der Waals surface area (Å²) < 4.78 is 26.8. The predicted octanol–water partition coefficient (Wildman–Crippen LogP) is 2.46. The van der Waals surface area contributed by atoms with Gasteiger partial charge in [-0.1, -0.05) is 11.6 Å². The van der Waals surface area contributed by atoms with E-state index in [2.05, 4.69) is 5.32 Å². The number of nitro groups is 1. The minimum atomic E-state index is -2.72. The Kier molecular flexibility index (Phi) is 4.85. The van der Waals surface area contributed by atoms with E-state index >= 15 is 0 Å². The third-order valence-electron chi connectivity index (χ3n) is 3.29. The molecule has 1 aromatic carbocycles. The van der Waals surface area contributed by atoms with Gasteiger partial charge in [0, 0.05) is 37.3 Å². The lowest BCUT2D eigenvalue weighted by Gasteiger charge is -2.34. The molecular formula is C12H14ClF2N3O2. The first-order chi connectivity index (χ1) is 9.50. The van der Waals surface area contributed by atoms with E-state index in [4.69, 9.17) is 11.6 Å². The Morgan fingerprint density at radius 2 is 2.00 bits per heavy atom. The highest BCUT2D eigenvalue weighted by molar-refractivity contribution is 6.30. The number of piperazine rings is 1. The van der Waals surface area contributed by atoms with E-state index in [1.54, 1.807) is 4.90 Å². The van der Waals surface area contributed by atoms with Crippen LogP contribution >= 0.6 is 11.6 Å². The van der Waals surface area contributed by atoms with Gasteiger partial charge in [-0.2, -0.15) is 0 Å². The van der Waals surface area contributed by atoms with Crippen molar-refractivity contribution in [1.82, 2.24) is 10.2 Å². The fraction of sp³-hybridized carbons (Fsp3) is 0.500. The van der Waals surface area contributed by atoms with Crippen molar-refractivity contribution in [3.8, 4) is 0 Å². The molecule has 1 atom stereocenters. The molecule has 5 nitrogen and oxygen atoms in total. The van der Waals surface area contributed by atoms with E-state index < -0.39 is 17.4 Å². The van der Waals surface area contributed by atoms with Crippen molar-refractivity contribution in [1.29, 1.82) is 0 Å². The highest BCUT2D eigenvalue weighted by Gasteiger charge is 2.35. The van der Waals surface area contributed by atoms with Gasteiger partial charge in [-0.3, -0.25) is 15.0 Å². The van der Waals surface area contributed by atoms with Crippen molar-refractivity contribution in [3.63, 3.8) is 0 Å². The van der Waals surface area contributed by atoms with Crippen LogP contribution in [0.1, 0.15) is 11.6 Å². The Morgan fingerprint density at radius 1 is 1.35 bits per heavy atom. The van der Waals surface area contributed by atoms with Gasteiger partial charge in [0.05, 0.1) is 10.5 Å². The van der Waals surface area contributed by atoms with Gasteiger partial charge >= 0.3 is 0 Å². The Morgan fingerprint density at radius 3 is 2.55 bits per heavy atom. The Bertz CT molecular complexity index is 496. The molecule has 1 aliphatic rings. The molecule has 0 spiro atoms. The van der Waals surface area contributed by atoms with Crippen molar-refractivity contribution >= 4 is 17.3 Å². The molecule has 1 aromatic rings. The number of alkyl halides is 2. The molecular weight excluding hydrogens is 292 g/mol. The topological polar surface area (TPSA) is 58.4 Å². The average molecular weight is 306 g/mol. The first kappa shape index (κ1) is 15.1. The summed E-state index contributed by atoms with van der Waals surface area (Å²) >= 11 is 5.81. The number of benzene rings is 1. The summed E-state index contributed by atoms with van der Waals surface area (Å²) in [5, 5.41) is 14.3. The summed E-state index contributed by atoms with van der Waals surface area (Å²) in [6.45, 7) is 1.99. The van der Waals surface area contributed by atoms with Crippen LogP contribution in [0.15, 0.2) is 18.2 Å². The second-order valence-electron chi connectivity index (χ2n) is 4.53. The number of hydrogen-bond acceptors (Lipinski definition) is 4. The molecule has 1 N–H and O–H groups in total. The van der Waals surface area contributed by atoms with Crippen LogP contribution in [-0.2, 0) is 0 Å². The van der Waals surface area contributed by atoms with E-state index in [1.807, 2.05) is 0 Å². The van der Waals surface area contributed by atoms with Crippen LogP contribution < -0.4 is 5.32 Å². The summed E-state index contributed by atoms with van der Waals surface area (Å²) in [5.41, 5.74) is -0.349. The highest BCUT2D eigenvalue weighted by atomic mass is 35.5. The fourth-order valence-electron chi connectivity index (χ4n) is 2.38. The smallest absolute Gasteiger partial charge is 0.274 e. The predicted molar refractivity (Wildman–Crippen MR) is 71.3 cm³/mol. The number of halogens is 3. The Hall–Kier alpha value is -1.31. The molecule has 0 radical (unpaired) electrons. The van der Waals surface area contributed by atoms with Gasteiger partial charge in [-0.05, 0) is 12.1 Å². The van der Waals surface area contributed by atoms with E-state index in [1.165, 1.54) is 18.2 Å². The maximum atomic E-state index is 13.4. The number of nitro benzene ring substituents is 1. The molecule has 8 heteroatoms. The van der Waals surface area contributed by atoms with Crippen LogP contribution in [0, 0.1) is 10.1 Å². The lowest BCUT2D eigenvalue weighted by molar-refractivity contribution is -0.386. The highest BCUT2D eigenvalue weighted by Crippen LogP contribution is 2.35. The van der Waals surface area contributed by atoms with Gasteiger partial charge in [0.25, 0.3) is 12.1 Å². The van der Waals surface area contributed by atoms with E-state index in [0.717, 1.165) is 0 Å². The van der Waals surface area contributed by atoms with E-state index in [0.29, 0.717) is 26.2 Å². The molecule has 110 valence electrons. The second kappa shape index (κ2) is 6.43. The molecule has 1 heterocycles. The van der Waals surface area contributed by atoms with Crippen LogP contribution in [0.5, 0.6) is 0 Å². The van der Waals surface area contributed by atoms with Gasteiger partial charge in [0.1, 0.15) is 6.04 Å². The van der Waals surface area contributed by atoms with Crippen molar-refractivity contribution in [2.24, 2.45) is 0 Å². The molecule has 0 aliphatic carbocycles. The van der Waals surface area contributed by atoms with Crippen LogP contribution in [-0.4, -0.2) is 42.4 Å². The van der Waals surface area contributed by atoms with Gasteiger partial charge in [-0.25, -0.2) is 8.78 Å². The second-order valence-corrected chi connectivity index (χ2v) is 4.96. The molecule has 1 fully saturated rings. The first-order valence-electron chi connectivity index (χ1n) is 6.17. The Balaban J connectivity index is 2.42. The standard InChI is InChI=1S/C12H14ClF2N3O2/c13-8-1-2-10(18(19)20)9(7-8)11(12(14)15)17-5-3-16-4-6-17/h1-2,7,11-12,16H,3-6H2/t11-/m1/s1. The maximum Gasteiger partial charge on any atom is 0.274 e. The fourth-order valence-corrected chi connectivity index (χ4v) is 2.56. The van der Waals surface area contributed by atoms with Crippen LogP contribution in [0.4, 0.5) is 14.5 Å². The van der Waals surface area contributed by atoms with Crippen molar-refractivity contribution in [2.45, 2.75) is 12.5 Å². The van der Waals surface area contributed by atoms with Crippen LogP contribution in [0.25, 0.3) is 0 Å². The average Bonchev–Trinajstić information content (AvgIpc) is 2.39. The van der Waals surface area contributed by atoms with Crippen LogP contribution in [0.2, 0.25) is 5.02 Å². The molecule has 0 amide bonds. The zero-order chi connectivity index (χ0) is 14.7. The van der Waals surface area contributed by atoms with Gasteiger partial charge in [0.15, 0.2) is 0 Å². The van der Waals surface area contributed by atoms with E-state index in [9.17, 15) is 18.9 Å². The first-order valence-corrected chi connectivity index (χ1v) is 6.55. The number of rotatable bonds is 4. The zero-order valence-corrected chi connectivity index (χ0v) is 11.3. The molecule has 1 saturated heterocycles. The SMILES string of the molecule is O=[N+]([O-])c1ccc(Cl)cc1[C@H](C(F)F)N1CCNCC1. The summed E-state index contributed by atoms with van der Waals surface area (Å²) in [6.07, 6.45) is -2.72. The third kappa shape index (κ3) is 3.23. The number of hydrogen-bond donors (Lipinski definition) is 1. The lowest BCUT2D eigenvalue weighted by atomic mass is 10.0. The summed E-state index contributed by atoms with van der Waals surface area (Å²) in [7, 11) is 0. The van der Waals surface area contributed by atoms with Crippen LogP contribution in [0.3, 0.4) is 0 Å². The zero-order valence-electron chi connectivity index (χ0n) is 10.6.